The SMILES string of the molecule is O=S(=O)(F)OC(F)(c1c(F)c(F)c(F)c(F)c1F)C(F)(OS(=O)(=O)F)C(F)(F)F. The molecule has 0 aliphatic heterocycles. The van der Waals surface area contributed by atoms with Crippen molar-refractivity contribution in [1.82, 2.24) is 0 Å². The summed E-state index contributed by atoms with van der Waals surface area (Å²) in [5.74, 6) is -31.7. The summed E-state index contributed by atoms with van der Waals surface area (Å²) in [6.07, 6.45) is -7.42. The van der Waals surface area contributed by atoms with Gasteiger partial charge in [-0.05, 0) is 0 Å². The van der Waals surface area contributed by atoms with Crippen LogP contribution in [0, 0.1) is 29.1 Å². The van der Waals surface area contributed by atoms with Gasteiger partial charge in [0.05, 0.1) is 0 Å². The lowest BCUT2D eigenvalue weighted by Crippen LogP contribution is -2.60. The van der Waals surface area contributed by atoms with E-state index in [9.17, 15) is 68.5 Å². The van der Waals surface area contributed by atoms with Gasteiger partial charge in [-0.15, -0.1) is 0 Å². The molecule has 0 aromatic heterocycles. The number of hydrogen-bond acceptors (Lipinski definition) is 6. The number of hydrogen-bond donors (Lipinski definition) is 0. The van der Waals surface area contributed by atoms with Crippen LogP contribution in [0.25, 0.3) is 0 Å². The van der Waals surface area contributed by atoms with E-state index in [4.69, 9.17) is 0 Å². The van der Waals surface area contributed by atoms with Crippen LogP contribution in [0.15, 0.2) is 0 Å². The Morgan fingerprint density at radius 1 is 0.586 bits per heavy atom. The maximum atomic E-state index is 14.7. The molecular formula is C9F12O6S2. The standard InChI is InChI=1S/C9F12O6S2/c10-2-1(3(11)5(13)6(14)4(2)12)7(15,26-28(20,22)23)8(16,9(17,18)19)27-29(21,24)25. The van der Waals surface area contributed by atoms with Crippen LogP contribution in [-0.2, 0) is 35.2 Å². The fraction of sp³-hybridized carbons (Fsp3) is 0.333. The molecule has 29 heavy (non-hydrogen) atoms. The predicted molar refractivity (Wildman–Crippen MR) is 61.1 cm³/mol. The Morgan fingerprint density at radius 3 is 1.17 bits per heavy atom. The molecule has 0 radical (unpaired) electrons. The summed E-state index contributed by atoms with van der Waals surface area (Å²) in [5.41, 5.74) is -3.86. The van der Waals surface area contributed by atoms with E-state index >= 15 is 0 Å². The maximum Gasteiger partial charge on any atom is 0.456 e. The largest absolute Gasteiger partial charge is 0.456 e. The smallest absolute Gasteiger partial charge is 0.203 e. The van der Waals surface area contributed by atoms with Crippen molar-refractivity contribution in [2.75, 3.05) is 0 Å². The number of rotatable bonds is 6. The summed E-state index contributed by atoms with van der Waals surface area (Å²) in [5, 5.41) is 0. The zero-order valence-electron chi connectivity index (χ0n) is 12.3. The van der Waals surface area contributed by atoms with E-state index in [-0.39, 0.29) is 0 Å². The van der Waals surface area contributed by atoms with Crippen molar-refractivity contribution in [3.05, 3.63) is 34.6 Å². The van der Waals surface area contributed by atoms with Gasteiger partial charge in [0.25, 0.3) is 0 Å². The lowest BCUT2D eigenvalue weighted by molar-refractivity contribution is -0.390. The molecule has 0 fully saturated rings. The van der Waals surface area contributed by atoms with Crippen molar-refractivity contribution in [1.29, 1.82) is 0 Å². The Balaban J connectivity index is 4.24. The second-order valence-corrected chi connectivity index (χ2v) is 6.49. The molecule has 168 valence electrons. The third-order valence-electron chi connectivity index (χ3n) is 2.74. The molecule has 6 nitrogen and oxygen atoms in total. The van der Waals surface area contributed by atoms with Crippen LogP contribution in [0.5, 0.6) is 0 Å². The Morgan fingerprint density at radius 2 is 0.897 bits per heavy atom. The molecule has 1 aromatic carbocycles. The minimum absolute atomic E-state index is 1.99. The lowest BCUT2D eigenvalue weighted by atomic mass is 9.97. The molecule has 0 bridgehead atoms. The molecule has 0 spiro atoms. The molecule has 0 amide bonds. The van der Waals surface area contributed by atoms with E-state index in [1.54, 1.807) is 0 Å². The van der Waals surface area contributed by atoms with Crippen LogP contribution < -0.4 is 0 Å². The van der Waals surface area contributed by atoms with E-state index < -0.39 is 73.5 Å². The van der Waals surface area contributed by atoms with Gasteiger partial charge < -0.3 is 0 Å². The third-order valence-corrected chi connectivity index (χ3v) is 3.60. The second-order valence-electron chi connectivity index (χ2n) is 4.59. The van der Waals surface area contributed by atoms with E-state index in [2.05, 4.69) is 4.18 Å². The van der Waals surface area contributed by atoms with E-state index in [1.807, 2.05) is 4.18 Å². The molecule has 20 heteroatoms. The normalized spacial score (nSPS) is 17.7. The van der Waals surface area contributed by atoms with Crippen molar-refractivity contribution in [2.24, 2.45) is 0 Å². The van der Waals surface area contributed by atoms with Gasteiger partial charge in [-0.2, -0.15) is 47.2 Å². The van der Waals surface area contributed by atoms with E-state index in [0.29, 0.717) is 0 Å². The highest BCUT2D eigenvalue weighted by Gasteiger charge is 2.78. The minimum Gasteiger partial charge on any atom is -0.203 e. The van der Waals surface area contributed by atoms with Gasteiger partial charge in [0, 0.05) is 0 Å². The quantitative estimate of drug-likeness (QED) is 0.260. The highest BCUT2D eigenvalue weighted by atomic mass is 32.3. The van der Waals surface area contributed by atoms with E-state index in [0.717, 1.165) is 0 Å². The Labute approximate surface area is 151 Å². The summed E-state index contributed by atoms with van der Waals surface area (Å²) in [6, 6.07) is 0. The van der Waals surface area contributed by atoms with Gasteiger partial charge in [-0.3, -0.25) is 0 Å². The number of alkyl halides is 5. The van der Waals surface area contributed by atoms with Crippen molar-refractivity contribution in [3.63, 3.8) is 0 Å². The molecule has 1 rings (SSSR count). The van der Waals surface area contributed by atoms with Gasteiger partial charge in [0.15, 0.2) is 23.3 Å². The molecule has 2 atom stereocenters. The first-order chi connectivity index (χ1) is 12.6. The topological polar surface area (TPSA) is 86.7 Å². The second kappa shape index (κ2) is 7.16. The van der Waals surface area contributed by atoms with Crippen molar-refractivity contribution < 1.29 is 76.9 Å². The van der Waals surface area contributed by atoms with Crippen LogP contribution in [0.3, 0.4) is 0 Å². The molecule has 0 N–H and O–H groups in total. The van der Waals surface area contributed by atoms with Crippen LogP contribution in [0.4, 0.5) is 51.7 Å². The van der Waals surface area contributed by atoms with Gasteiger partial charge in [-0.25, -0.2) is 22.0 Å². The monoisotopic (exact) mass is 496 g/mol. The fourth-order valence-corrected chi connectivity index (χ4v) is 2.64. The molecule has 0 aliphatic rings. The first-order valence-electron chi connectivity index (χ1n) is 5.86. The first-order valence-corrected chi connectivity index (χ1v) is 8.47. The molecule has 2 unspecified atom stereocenters. The highest BCUT2D eigenvalue weighted by molar-refractivity contribution is 7.81. The van der Waals surface area contributed by atoms with Gasteiger partial charge in [-0.1, -0.05) is 7.77 Å². The maximum absolute atomic E-state index is 14.7. The predicted octanol–water partition coefficient (Wildman–Crippen LogP) is 3.19. The zero-order chi connectivity index (χ0) is 23.4. The highest BCUT2D eigenvalue weighted by Crippen LogP contribution is 2.54. The van der Waals surface area contributed by atoms with Crippen LogP contribution in [0.2, 0.25) is 0 Å². The minimum atomic E-state index is -7.42. The Hall–Kier alpha value is -1.80. The zero-order valence-corrected chi connectivity index (χ0v) is 13.9. The molecule has 0 heterocycles. The molecule has 0 saturated heterocycles. The Bertz CT molecular complexity index is 1010. The molecule has 0 saturated carbocycles. The number of halogens is 12. The summed E-state index contributed by atoms with van der Waals surface area (Å²) < 4.78 is 204. The van der Waals surface area contributed by atoms with Gasteiger partial charge >= 0.3 is 38.9 Å². The fourth-order valence-electron chi connectivity index (χ4n) is 1.70. The lowest BCUT2D eigenvalue weighted by Gasteiger charge is -2.36. The van der Waals surface area contributed by atoms with Crippen LogP contribution >= 0.6 is 0 Å². The Kier molecular flexibility index (Phi) is 6.23. The summed E-state index contributed by atoms with van der Waals surface area (Å²) in [4.78, 5) is 0. The molecular weight excluding hydrogens is 496 g/mol. The van der Waals surface area contributed by atoms with Crippen molar-refractivity contribution in [3.8, 4) is 0 Å². The first kappa shape index (κ1) is 25.2. The number of benzene rings is 1. The average molecular weight is 496 g/mol. The summed E-state index contributed by atoms with van der Waals surface area (Å²) in [7, 11) is -14.8. The average Bonchev–Trinajstić information content (AvgIpc) is 2.46. The molecule has 0 aliphatic carbocycles. The third kappa shape index (κ3) is 4.53. The van der Waals surface area contributed by atoms with Gasteiger partial charge in [0.1, 0.15) is 5.56 Å². The summed E-state index contributed by atoms with van der Waals surface area (Å²) in [6.45, 7) is 0. The van der Waals surface area contributed by atoms with Crippen molar-refractivity contribution in [2.45, 2.75) is 17.9 Å². The van der Waals surface area contributed by atoms with E-state index in [1.165, 1.54) is 0 Å². The van der Waals surface area contributed by atoms with Crippen molar-refractivity contribution >= 4 is 21.0 Å². The van der Waals surface area contributed by atoms with Crippen LogP contribution in [-0.4, -0.2) is 28.9 Å². The van der Waals surface area contributed by atoms with Crippen LogP contribution in [0.1, 0.15) is 5.56 Å². The van der Waals surface area contributed by atoms with Gasteiger partial charge in [0.2, 0.25) is 5.82 Å². The summed E-state index contributed by atoms with van der Waals surface area (Å²) >= 11 is 0. The molecule has 1 aromatic rings.